The van der Waals surface area contributed by atoms with Crippen LogP contribution >= 0.6 is 0 Å². The maximum Gasteiger partial charge on any atom is 0.0431 e. The van der Waals surface area contributed by atoms with Crippen LogP contribution in [-0.2, 0) is 10.8 Å². The second-order valence-corrected chi connectivity index (χ2v) is 5.11. The van der Waals surface area contributed by atoms with Crippen LogP contribution in [0.1, 0.15) is 38.5 Å². The zero-order chi connectivity index (χ0) is 10.6. The molecule has 0 bridgehead atoms. The monoisotopic (exact) mass is 222 g/mol. The van der Waals surface area contributed by atoms with Gasteiger partial charge in [0.05, 0.1) is 0 Å². The van der Waals surface area contributed by atoms with Gasteiger partial charge < -0.3 is 10.2 Å². The Morgan fingerprint density at radius 3 is 1.50 bits per heavy atom. The van der Waals surface area contributed by atoms with Crippen molar-refractivity contribution in [3.8, 4) is 0 Å². The Labute approximate surface area is 89.0 Å². The Bertz CT molecular complexity index is 125. The van der Waals surface area contributed by atoms with Crippen LogP contribution in [0.15, 0.2) is 0 Å². The van der Waals surface area contributed by atoms with Crippen molar-refractivity contribution in [3.05, 3.63) is 0 Å². The van der Waals surface area contributed by atoms with Crippen molar-refractivity contribution < 1.29 is 14.4 Å². The van der Waals surface area contributed by atoms with Crippen molar-refractivity contribution in [1.82, 2.24) is 0 Å². The largest absolute Gasteiger partial charge is 0.396 e. The van der Waals surface area contributed by atoms with Gasteiger partial charge in [-0.1, -0.05) is 12.8 Å². The van der Waals surface area contributed by atoms with Crippen molar-refractivity contribution in [3.63, 3.8) is 0 Å². The predicted octanol–water partition coefficient (Wildman–Crippen LogP) is 1.06. The number of hydrogen-bond acceptors (Lipinski definition) is 3. The molecule has 3 nitrogen and oxygen atoms in total. The van der Waals surface area contributed by atoms with Crippen molar-refractivity contribution >= 4 is 10.8 Å². The summed E-state index contributed by atoms with van der Waals surface area (Å²) < 4.78 is 11.4. The van der Waals surface area contributed by atoms with Gasteiger partial charge >= 0.3 is 0 Å². The van der Waals surface area contributed by atoms with Crippen LogP contribution in [-0.4, -0.2) is 39.1 Å². The van der Waals surface area contributed by atoms with Crippen LogP contribution in [0, 0.1) is 0 Å². The number of aliphatic hydroxyl groups excluding tert-OH is 2. The molecule has 0 amide bonds. The van der Waals surface area contributed by atoms with E-state index in [1.807, 2.05) is 0 Å². The Balaban J connectivity index is 3.11. The Morgan fingerprint density at radius 1 is 0.714 bits per heavy atom. The molecule has 0 aromatic heterocycles. The molecule has 0 aromatic carbocycles. The first kappa shape index (κ1) is 14.1. The molecule has 0 aromatic rings. The summed E-state index contributed by atoms with van der Waals surface area (Å²) >= 11 is 0. The second kappa shape index (κ2) is 11.1. The molecule has 0 unspecified atom stereocenters. The highest BCUT2D eigenvalue weighted by Gasteiger charge is 1.99. The van der Waals surface area contributed by atoms with Gasteiger partial charge in [0.2, 0.25) is 0 Å². The second-order valence-electron chi connectivity index (χ2n) is 3.42. The molecule has 0 heterocycles. The van der Waals surface area contributed by atoms with E-state index in [1.54, 1.807) is 0 Å². The van der Waals surface area contributed by atoms with Crippen molar-refractivity contribution in [1.29, 1.82) is 0 Å². The molecule has 0 rings (SSSR count). The van der Waals surface area contributed by atoms with Gasteiger partial charge in [-0.2, -0.15) is 0 Å². The molecule has 4 heteroatoms. The highest BCUT2D eigenvalue weighted by Crippen LogP contribution is 2.01. The predicted molar refractivity (Wildman–Crippen MR) is 59.8 cm³/mol. The van der Waals surface area contributed by atoms with Gasteiger partial charge in [-0.3, -0.25) is 4.21 Å². The fraction of sp³-hybridized carbons (Fsp3) is 1.00. The molecular weight excluding hydrogens is 200 g/mol. The Morgan fingerprint density at radius 2 is 1.14 bits per heavy atom. The maximum atomic E-state index is 11.4. The SMILES string of the molecule is O=S(CCCCCO)CCCCCO. The third-order valence-electron chi connectivity index (χ3n) is 2.06. The van der Waals surface area contributed by atoms with E-state index < -0.39 is 10.8 Å². The standard InChI is InChI=1S/C10H22O3S/c11-7-3-1-5-9-14(13)10-6-2-4-8-12/h11-12H,1-10H2. The lowest BCUT2D eigenvalue weighted by atomic mass is 10.3. The fourth-order valence-corrected chi connectivity index (χ4v) is 2.46. The average Bonchev–Trinajstić information content (AvgIpc) is 2.19. The van der Waals surface area contributed by atoms with Crippen LogP contribution in [0.2, 0.25) is 0 Å². The van der Waals surface area contributed by atoms with Gasteiger partial charge in [-0.25, -0.2) is 0 Å². The summed E-state index contributed by atoms with van der Waals surface area (Å²) in [5.41, 5.74) is 0. The van der Waals surface area contributed by atoms with E-state index >= 15 is 0 Å². The summed E-state index contributed by atoms with van der Waals surface area (Å²) in [6, 6.07) is 0. The summed E-state index contributed by atoms with van der Waals surface area (Å²) in [6.07, 6.45) is 5.49. The van der Waals surface area contributed by atoms with Crippen LogP contribution in [0.4, 0.5) is 0 Å². The maximum absolute atomic E-state index is 11.4. The van der Waals surface area contributed by atoms with Crippen molar-refractivity contribution in [2.75, 3.05) is 24.7 Å². The molecule has 14 heavy (non-hydrogen) atoms. The molecule has 0 aliphatic heterocycles. The minimum absolute atomic E-state index is 0.239. The third-order valence-corrected chi connectivity index (χ3v) is 3.55. The summed E-state index contributed by atoms with van der Waals surface area (Å²) in [5, 5.41) is 17.1. The number of rotatable bonds is 10. The lowest BCUT2D eigenvalue weighted by molar-refractivity contribution is 0.284. The van der Waals surface area contributed by atoms with E-state index in [2.05, 4.69) is 0 Å². The summed E-state index contributed by atoms with van der Waals surface area (Å²) in [4.78, 5) is 0. The lowest BCUT2D eigenvalue weighted by Gasteiger charge is -2.01. The minimum atomic E-state index is -0.690. The molecule has 0 aliphatic rings. The zero-order valence-corrected chi connectivity index (χ0v) is 9.60. The van der Waals surface area contributed by atoms with Crippen LogP contribution < -0.4 is 0 Å². The number of aliphatic hydroxyl groups is 2. The molecule has 86 valence electrons. The molecule has 2 N–H and O–H groups in total. The van der Waals surface area contributed by atoms with E-state index in [1.165, 1.54) is 0 Å². The van der Waals surface area contributed by atoms with Crippen LogP contribution in [0.5, 0.6) is 0 Å². The highest BCUT2D eigenvalue weighted by molar-refractivity contribution is 7.84. The molecule has 0 atom stereocenters. The van der Waals surface area contributed by atoms with Gasteiger partial charge in [-0.05, 0) is 25.7 Å². The van der Waals surface area contributed by atoms with Crippen molar-refractivity contribution in [2.24, 2.45) is 0 Å². The van der Waals surface area contributed by atoms with Gasteiger partial charge in [0, 0.05) is 35.5 Å². The van der Waals surface area contributed by atoms with E-state index in [4.69, 9.17) is 10.2 Å². The number of hydrogen-bond donors (Lipinski definition) is 2. The molecule has 0 aliphatic carbocycles. The van der Waals surface area contributed by atoms with Gasteiger partial charge in [-0.15, -0.1) is 0 Å². The van der Waals surface area contributed by atoms with E-state index in [9.17, 15) is 4.21 Å². The first-order valence-electron chi connectivity index (χ1n) is 5.38. The number of unbranched alkanes of at least 4 members (excludes halogenated alkanes) is 4. The molecule has 0 fully saturated rings. The van der Waals surface area contributed by atoms with Crippen LogP contribution in [0.3, 0.4) is 0 Å². The summed E-state index contributed by atoms with van der Waals surface area (Å²) in [6.45, 7) is 0.478. The van der Waals surface area contributed by atoms with Gasteiger partial charge in [0.15, 0.2) is 0 Å². The Kier molecular flexibility index (Phi) is 11.2. The highest BCUT2D eigenvalue weighted by atomic mass is 32.2. The van der Waals surface area contributed by atoms with Crippen molar-refractivity contribution in [2.45, 2.75) is 38.5 Å². The summed E-state index contributed by atoms with van der Waals surface area (Å²) in [7, 11) is -0.690. The van der Waals surface area contributed by atoms with Gasteiger partial charge in [0.1, 0.15) is 0 Å². The quantitative estimate of drug-likeness (QED) is 0.543. The Hall–Kier alpha value is 0.0700. The topological polar surface area (TPSA) is 57.5 Å². The van der Waals surface area contributed by atoms with E-state index in [0.29, 0.717) is 0 Å². The zero-order valence-electron chi connectivity index (χ0n) is 8.78. The molecular formula is C10H22O3S. The first-order chi connectivity index (χ1) is 6.81. The molecule has 0 saturated carbocycles. The summed E-state index contributed by atoms with van der Waals surface area (Å²) in [5.74, 6) is 1.53. The molecule has 0 spiro atoms. The molecule has 0 radical (unpaired) electrons. The van der Waals surface area contributed by atoms with E-state index in [-0.39, 0.29) is 13.2 Å². The first-order valence-corrected chi connectivity index (χ1v) is 6.86. The minimum Gasteiger partial charge on any atom is -0.396 e. The van der Waals surface area contributed by atoms with E-state index in [0.717, 1.165) is 50.0 Å². The normalized spacial score (nSPS) is 11.1. The smallest absolute Gasteiger partial charge is 0.0431 e. The van der Waals surface area contributed by atoms with Crippen LogP contribution in [0.25, 0.3) is 0 Å². The van der Waals surface area contributed by atoms with Gasteiger partial charge in [0.25, 0.3) is 0 Å². The third kappa shape index (κ3) is 10.2. The lowest BCUT2D eigenvalue weighted by Crippen LogP contribution is -2.03. The average molecular weight is 222 g/mol. The molecule has 0 saturated heterocycles. The fourth-order valence-electron chi connectivity index (χ4n) is 1.21.